The summed E-state index contributed by atoms with van der Waals surface area (Å²) < 4.78 is 5.41. The maximum absolute atomic E-state index is 9.87. The summed E-state index contributed by atoms with van der Waals surface area (Å²) in [6, 6.07) is 7.78. The van der Waals surface area contributed by atoms with Crippen molar-refractivity contribution in [2.75, 3.05) is 26.8 Å². The number of unbranched alkanes of at least 4 members (excludes halogenated alkanes) is 1. The number of aliphatic hydroxyl groups excluding tert-OH is 1. The van der Waals surface area contributed by atoms with Gasteiger partial charge in [0.05, 0.1) is 12.7 Å². The van der Waals surface area contributed by atoms with Crippen LogP contribution in [0.15, 0.2) is 24.3 Å². The van der Waals surface area contributed by atoms with Gasteiger partial charge in [-0.1, -0.05) is 43.1 Å². The van der Waals surface area contributed by atoms with Gasteiger partial charge in [-0.15, -0.1) is 0 Å². The Morgan fingerprint density at radius 3 is 2.79 bits per heavy atom. The van der Waals surface area contributed by atoms with Crippen LogP contribution < -0.4 is 0 Å². The highest BCUT2D eigenvalue weighted by Crippen LogP contribution is 2.16. The van der Waals surface area contributed by atoms with Crippen molar-refractivity contribution in [2.45, 2.75) is 32.4 Å². The molecule has 1 atom stereocenters. The first-order valence-electron chi connectivity index (χ1n) is 6.81. The van der Waals surface area contributed by atoms with Gasteiger partial charge in [-0.3, -0.25) is 4.90 Å². The molecule has 0 spiro atoms. The molecule has 19 heavy (non-hydrogen) atoms. The van der Waals surface area contributed by atoms with Crippen molar-refractivity contribution in [2.24, 2.45) is 0 Å². The van der Waals surface area contributed by atoms with Crippen molar-refractivity contribution in [3.05, 3.63) is 34.9 Å². The SMILES string of the molecule is CCCCOCC(O)CN(C)Cc1ccccc1Cl. The van der Waals surface area contributed by atoms with Gasteiger partial charge in [-0.05, 0) is 25.1 Å². The molecule has 3 nitrogen and oxygen atoms in total. The Morgan fingerprint density at radius 2 is 2.11 bits per heavy atom. The van der Waals surface area contributed by atoms with Gasteiger partial charge in [0.25, 0.3) is 0 Å². The zero-order chi connectivity index (χ0) is 14.1. The van der Waals surface area contributed by atoms with Crippen LogP contribution in [0, 0.1) is 0 Å². The smallest absolute Gasteiger partial charge is 0.0900 e. The summed E-state index contributed by atoms with van der Waals surface area (Å²) in [7, 11) is 1.97. The minimum atomic E-state index is -0.454. The molecule has 4 heteroatoms. The number of hydrogen-bond acceptors (Lipinski definition) is 3. The lowest BCUT2D eigenvalue weighted by Crippen LogP contribution is -2.32. The second-order valence-corrected chi connectivity index (χ2v) is 5.28. The number of halogens is 1. The normalized spacial score (nSPS) is 12.9. The largest absolute Gasteiger partial charge is 0.389 e. The number of ether oxygens (including phenoxy) is 1. The highest BCUT2D eigenvalue weighted by Gasteiger charge is 2.10. The maximum Gasteiger partial charge on any atom is 0.0900 e. The highest BCUT2D eigenvalue weighted by molar-refractivity contribution is 6.31. The van der Waals surface area contributed by atoms with Gasteiger partial charge in [0.2, 0.25) is 0 Å². The lowest BCUT2D eigenvalue weighted by atomic mass is 10.2. The van der Waals surface area contributed by atoms with Crippen molar-refractivity contribution in [3.8, 4) is 0 Å². The predicted octanol–water partition coefficient (Wildman–Crippen LogP) is 2.95. The van der Waals surface area contributed by atoms with E-state index < -0.39 is 6.10 Å². The third-order valence-corrected chi connectivity index (χ3v) is 3.24. The molecule has 0 heterocycles. The molecule has 0 aliphatic carbocycles. The molecule has 1 aromatic carbocycles. The minimum Gasteiger partial charge on any atom is -0.389 e. The van der Waals surface area contributed by atoms with Crippen LogP contribution in [-0.4, -0.2) is 42.9 Å². The first-order chi connectivity index (χ1) is 9.13. The van der Waals surface area contributed by atoms with Crippen molar-refractivity contribution >= 4 is 11.6 Å². The van der Waals surface area contributed by atoms with E-state index in [1.54, 1.807) is 0 Å². The average molecular weight is 286 g/mol. The van der Waals surface area contributed by atoms with Crippen LogP contribution in [0.2, 0.25) is 5.02 Å². The third-order valence-electron chi connectivity index (χ3n) is 2.87. The molecule has 1 N–H and O–H groups in total. The van der Waals surface area contributed by atoms with Gasteiger partial charge >= 0.3 is 0 Å². The molecular formula is C15H24ClNO2. The molecule has 108 valence electrons. The first-order valence-corrected chi connectivity index (χ1v) is 7.19. The van der Waals surface area contributed by atoms with Crippen LogP contribution >= 0.6 is 11.6 Å². The highest BCUT2D eigenvalue weighted by atomic mass is 35.5. The van der Waals surface area contributed by atoms with Gasteiger partial charge < -0.3 is 9.84 Å². The quantitative estimate of drug-likeness (QED) is 0.708. The first kappa shape index (κ1) is 16.4. The van der Waals surface area contributed by atoms with Crippen LogP contribution in [0.5, 0.6) is 0 Å². The second kappa shape index (κ2) is 9.32. The third kappa shape index (κ3) is 6.92. The van der Waals surface area contributed by atoms with Crippen LogP contribution in [0.4, 0.5) is 0 Å². The van der Waals surface area contributed by atoms with Gasteiger partial charge in [0.1, 0.15) is 0 Å². The van der Waals surface area contributed by atoms with Crippen LogP contribution in [-0.2, 0) is 11.3 Å². The number of likely N-dealkylation sites (N-methyl/N-ethyl adjacent to an activating group) is 1. The lowest BCUT2D eigenvalue weighted by Gasteiger charge is -2.21. The van der Waals surface area contributed by atoms with E-state index in [1.165, 1.54) is 0 Å². The summed E-state index contributed by atoms with van der Waals surface area (Å²) in [5.41, 5.74) is 1.07. The number of aliphatic hydroxyl groups is 1. The summed E-state index contributed by atoms with van der Waals surface area (Å²) >= 11 is 6.11. The molecule has 0 saturated carbocycles. The summed E-state index contributed by atoms with van der Waals surface area (Å²) in [5.74, 6) is 0. The molecule has 1 unspecified atom stereocenters. The molecule has 0 radical (unpaired) electrons. The Hall–Kier alpha value is -0.610. The summed E-state index contributed by atoms with van der Waals surface area (Å²) in [6.45, 7) is 4.55. The van der Waals surface area contributed by atoms with E-state index in [2.05, 4.69) is 11.8 Å². The number of benzene rings is 1. The van der Waals surface area contributed by atoms with Gasteiger partial charge in [-0.2, -0.15) is 0 Å². The van der Waals surface area contributed by atoms with Gasteiger partial charge in [-0.25, -0.2) is 0 Å². The number of hydrogen-bond donors (Lipinski definition) is 1. The van der Waals surface area contributed by atoms with E-state index >= 15 is 0 Å². The van der Waals surface area contributed by atoms with Crippen molar-refractivity contribution in [3.63, 3.8) is 0 Å². The zero-order valence-corrected chi connectivity index (χ0v) is 12.6. The minimum absolute atomic E-state index is 0.396. The molecule has 0 aliphatic rings. The van der Waals surface area contributed by atoms with E-state index in [0.717, 1.165) is 36.6 Å². The van der Waals surface area contributed by atoms with E-state index in [9.17, 15) is 5.11 Å². The van der Waals surface area contributed by atoms with Crippen LogP contribution in [0.1, 0.15) is 25.3 Å². The maximum atomic E-state index is 9.87. The Kier molecular flexibility index (Phi) is 8.07. The Labute approximate surface area is 121 Å². The standard InChI is InChI=1S/C15H24ClNO2/c1-3-4-9-19-12-14(18)11-17(2)10-13-7-5-6-8-15(13)16/h5-8,14,18H,3-4,9-12H2,1-2H3. The van der Waals surface area contributed by atoms with Crippen molar-refractivity contribution < 1.29 is 9.84 Å². The summed E-state index contributed by atoms with van der Waals surface area (Å²) in [4.78, 5) is 2.05. The predicted molar refractivity (Wildman–Crippen MR) is 79.5 cm³/mol. The monoisotopic (exact) mass is 285 g/mol. The molecular weight excluding hydrogens is 262 g/mol. The van der Waals surface area contributed by atoms with Crippen molar-refractivity contribution in [1.29, 1.82) is 0 Å². The molecule has 0 aromatic heterocycles. The van der Waals surface area contributed by atoms with E-state index in [1.807, 2.05) is 31.3 Å². The van der Waals surface area contributed by atoms with Crippen LogP contribution in [0.3, 0.4) is 0 Å². The Bertz CT molecular complexity index is 360. The Balaban J connectivity index is 2.26. The van der Waals surface area contributed by atoms with E-state index in [-0.39, 0.29) is 0 Å². The summed E-state index contributed by atoms with van der Waals surface area (Å²) in [5, 5.41) is 10.6. The summed E-state index contributed by atoms with van der Waals surface area (Å²) in [6.07, 6.45) is 1.70. The van der Waals surface area contributed by atoms with Crippen LogP contribution in [0.25, 0.3) is 0 Å². The topological polar surface area (TPSA) is 32.7 Å². The number of rotatable bonds is 9. The van der Waals surface area contributed by atoms with E-state index in [4.69, 9.17) is 16.3 Å². The number of nitrogens with zero attached hydrogens (tertiary/aromatic N) is 1. The molecule has 0 saturated heterocycles. The molecule has 1 aromatic rings. The Morgan fingerprint density at radius 1 is 1.37 bits per heavy atom. The average Bonchev–Trinajstić information content (AvgIpc) is 2.37. The van der Waals surface area contributed by atoms with Gasteiger partial charge in [0, 0.05) is 24.7 Å². The molecule has 1 rings (SSSR count). The lowest BCUT2D eigenvalue weighted by molar-refractivity contribution is 0.0188. The molecule has 0 fully saturated rings. The fourth-order valence-electron chi connectivity index (χ4n) is 1.86. The molecule has 0 bridgehead atoms. The molecule has 0 amide bonds. The fourth-order valence-corrected chi connectivity index (χ4v) is 2.06. The fraction of sp³-hybridized carbons (Fsp3) is 0.600. The van der Waals surface area contributed by atoms with E-state index in [0.29, 0.717) is 13.2 Å². The van der Waals surface area contributed by atoms with Gasteiger partial charge in [0.15, 0.2) is 0 Å². The molecule has 0 aliphatic heterocycles. The van der Waals surface area contributed by atoms with Crippen molar-refractivity contribution in [1.82, 2.24) is 4.90 Å². The second-order valence-electron chi connectivity index (χ2n) is 4.87. The zero-order valence-electron chi connectivity index (χ0n) is 11.8.